The van der Waals surface area contributed by atoms with Crippen LogP contribution in [0.25, 0.3) is 10.9 Å². The van der Waals surface area contributed by atoms with Crippen molar-refractivity contribution in [3.8, 4) is 17.6 Å². The smallest absolute Gasteiger partial charge is 0.309 e. The average Bonchev–Trinajstić information content (AvgIpc) is 2.88. The summed E-state index contributed by atoms with van der Waals surface area (Å²) in [5, 5.41) is 10.9. The van der Waals surface area contributed by atoms with Crippen molar-refractivity contribution in [1.29, 1.82) is 0 Å². The lowest BCUT2D eigenvalue weighted by atomic mass is 9.74. The summed E-state index contributed by atoms with van der Waals surface area (Å²) in [6, 6.07) is 10.8. The quantitative estimate of drug-likeness (QED) is 0.448. The van der Waals surface area contributed by atoms with Crippen molar-refractivity contribution < 1.29 is 19.0 Å². The van der Waals surface area contributed by atoms with Gasteiger partial charge in [0, 0.05) is 36.4 Å². The maximum atomic E-state index is 15.6. The van der Waals surface area contributed by atoms with Gasteiger partial charge in [0.25, 0.3) is 0 Å². The Hall–Kier alpha value is -3.21. The molecule has 4 rings (SSSR count). The average molecular weight is 496 g/mol. The third-order valence-corrected chi connectivity index (χ3v) is 7.01. The molecule has 1 N–H and O–H groups in total. The van der Waals surface area contributed by atoms with Crippen molar-refractivity contribution in [2.24, 2.45) is 5.41 Å². The first-order chi connectivity index (χ1) is 16.9. The number of nitrogens with zero attached hydrogens (tertiary/aromatic N) is 3. The second-order valence-corrected chi connectivity index (χ2v) is 9.19. The molecule has 1 aromatic carbocycles. The van der Waals surface area contributed by atoms with Crippen molar-refractivity contribution >= 4 is 28.5 Å². The van der Waals surface area contributed by atoms with Crippen LogP contribution in [-0.2, 0) is 4.79 Å². The molecule has 0 radical (unpaired) electrons. The predicted molar refractivity (Wildman–Crippen MR) is 133 cm³/mol. The van der Waals surface area contributed by atoms with Gasteiger partial charge < -0.3 is 9.84 Å². The zero-order valence-corrected chi connectivity index (χ0v) is 20.3. The zero-order valence-electron chi connectivity index (χ0n) is 19.5. The monoisotopic (exact) mass is 495 g/mol. The highest BCUT2D eigenvalue weighted by Crippen LogP contribution is 2.42. The number of likely N-dealkylation sites (tertiary alicyclic amines) is 1. The van der Waals surface area contributed by atoms with Crippen LogP contribution >= 0.6 is 11.6 Å². The molecule has 2 aromatic heterocycles. The fourth-order valence-corrected chi connectivity index (χ4v) is 4.82. The van der Waals surface area contributed by atoms with E-state index in [1.165, 1.54) is 6.20 Å². The molecule has 1 aliphatic heterocycles. The van der Waals surface area contributed by atoms with Crippen molar-refractivity contribution in [2.45, 2.75) is 31.9 Å². The summed E-state index contributed by atoms with van der Waals surface area (Å²) in [6.45, 7) is 1.73. The Labute approximate surface area is 209 Å². The van der Waals surface area contributed by atoms with Crippen LogP contribution < -0.4 is 4.74 Å². The van der Waals surface area contributed by atoms with Gasteiger partial charge in [-0.2, -0.15) is 0 Å². The Morgan fingerprint density at radius 1 is 1.29 bits per heavy atom. The van der Waals surface area contributed by atoms with Crippen molar-refractivity contribution in [1.82, 2.24) is 14.9 Å². The number of hydrogen-bond acceptors (Lipinski definition) is 5. The molecule has 1 aliphatic rings. The fourth-order valence-electron chi connectivity index (χ4n) is 4.55. The number of methoxy groups -OCH3 is 1. The Bertz CT molecular complexity index is 1250. The lowest BCUT2D eigenvalue weighted by Gasteiger charge is -2.38. The third-order valence-electron chi connectivity index (χ3n) is 6.71. The number of aliphatic carboxylic acids is 1. The summed E-state index contributed by atoms with van der Waals surface area (Å²) in [7, 11) is 1.54. The molecule has 8 heteroatoms. The van der Waals surface area contributed by atoms with E-state index in [1.54, 1.807) is 31.5 Å². The molecule has 3 heterocycles. The Morgan fingerprint density at radius 2 is 2.09 bits per heavy atom. The van der Waals surface area contributed by atoms with Crippen LogP contribution in [0.15, 0.2) is 48.8 Å². The molecule has 0 spiro atoms. The third kappa shape index (κ3) is 5.72. The number of aromatic nitrogens is 2. The Morgan fingerprint density at radius 3 is 2.77 bits per heavy atom. The molecule has 1 saturated heterocycles. The molecule has 1 atom stereocenters. The van der Waals surface area contributed by atoms with Crippen LogP contribution in [0.4, 0.5) is 4.39 Å². The van der Waals surface area contributed by atoms with E-state index in [0.29, 0.717) is 60.4 Å². The number of carboxylic acid groups (broad SMARTS) is 1. The van der Waals surface area contributed by atoms with Gasteiger partial charge in [-0.15, -0.1) is 0 Å². The van der Waals surface area contributed by atoms with Crippen LogP contribution in [0, 0.1) is 17.3 Å². The molecule has 0 saturated carbocycles. The van der Waals surface area contributed by atoms with Crippen LogP contribution in [0.1, 0.15) is 43.1 Å². The second-order valence-electron chi connectivity index (χ2n) is 8.79. The van der Waals surface area contributed by atoms with Crippen LogP contribution in [0.5, 0.6) is 5.75 Å². The van der Waals surface area contributed by atoms with E-state index in [1.807, 2.05) is 18.2 Å². The number of alkyl halides is 1. The van der Waals surface area contributed by atoms with E-state index >= 15 is 4.39 Å². The fraction of sp³-hybridized carbons (Fsp3) is 0.370. The topological polar surface area (TPSA) is 75.6 Å². The number of hydrogen-bond donors (Lipinski definition) is 1. The van der Waals surface area contributed by atoms with Crippen molar-refractivity contribution in [2.75, 3.05) is 26.7 Å². The standard InChI is InChI=1S/C27H27ClFN3O3/c1-35-20-7-8-24-21(17-20)25(22(28)18-31-24)23(29)9-10-27(26(33)34)11-15-32(16-12-27)14-4-6-19-5-2-3-13-30-19/h2-3,5,7-8,13,17-18,23H,9-12,14-16H2,1H3,(H,33,34)/t23-/m0/s1. The van der Waals surface area contributed by atoms with Crippen LogP contribution in [0.2, 0.25) is 5.02 Å². The van der Waals surface area contributed by atoms with Crippen molar-refractivity contribution in [3.63, 3.8) is 0 Å². The summed E-state index contributed by atoms with van der Waals surface area (Å²) in [4.78, 5) is 22.8. The number of piperidine rings is 1. The zero-order chi connectivity index (χ0) is 24.8. The van der Waals surface area contributed by atoms with E-state index in [2.05, 4.69) is 26.7 Å². The predicted octanol–water partition coefficient (Wildman–Crippen LogP) is 5.30. The number of pyridine rings is 2. The molecule has 0 amide bonds. The molecule has 1 fully saturated rings. The molecule has 182 valence electrons. The number of fused-ring (bicyclic) bond motifs is 1. The van der Waals surface area contributed by atoms with Gasteiger partial charge in [-0.1, -0.05) is 23.6 Å². The van der Waals surface area contributed by atoms with Gasteiger partial charge in [0.05, 0.1) is 29.6 Å². The molecule has 0 unspecified atom stereocenters. The molecular weight excluding hydrogens is 469 g/mol. The van der Waals surface area contributed by atoms with Gasteiger partial charge >= 0.3 is 5.97 Å². The van der Waals surface area contributed by atoms with E-state index in [9.17, 15) is 9.90 Å². The van der Waals surface area contributed by atoms with Gasteiger partial charge in [-0.25, -0.2) is 9.37 Å². The van der Waals surface area contributed by atoms with Gasteiger partial charge in [0.15, 0.2) is 0 Å². The van der Waals surface area contributed by atoms with E-state index in [4.69, 9.17) is 16.3 Å². The first kappa shape index (κ1) is 24.9. The second kappa shape index (κ2) is 11.0. The van der Waals surface area contributed by atoms with E-state index < -0.39 is 17.6 Å². The summed E-state index contributed by atoms with van der Waals surface area (Å²) in [6.07, 6.45) is 2.89. The van der Waals surface area contributed by atoms with E-state index in [0.717, 1.165) is 0 Å². The Kier molecular flexibility index (Phi) is 7.84. The maximum Gasteiger partial charge on any atom is 0.309 e. The number of ether oxygens (including phenoxy) is 1. The minimum Gasteiger partial charge on any atom is -0.497 e. The number of carbonyl (C=O) groups is 1. The van der Waals surface area contributed by atoms with Gasteiger partial charge in [0.1, 0.15) is 17.6 Å². The number of carboxylic acids is 1. The van der Waals surface area contributed by atoms with Crippen molar-refractivity contribution in [3.05, 3.63) is 65.1 Å². The summed E-state index contributed by atoms with van der Waals surface area (Å²) >= 11 is 6.34. The lowest BCUT2D eigenvalue weighted by Crippen LogP contribution is -2.44. The highest BCUT2D eigenvalue weighted by atomic mass is 35.5. The summed E-state index contributed by atoms with van der Waals surface area (Å²) in [5.74, 6) is 5.83. The lowest BCUT2D eigenvalue weighted by molar-refractivity contribution is -0.152. The summed E-state index contributed by atoms with van der Waals surface area (Å²) in [5.41, 5.74) is 0.681. The minimum atomic E-state index is -1.42. The highest BCUT2D eigenvalue weighted by Gasteiger charge is 2.41. The molecular formula is C27H27ClFN3O3. The van der Waals surface area contributed by atoms with Crippen LogP contribution in [-0.4, -0.2) is 52.7 Å². The first-order valence-electron chi connectivity index (χ1n) is 11.5. The van der Waals surface area contributed by atoms with Gasteiger partial charge in [-0.3, -0.25) is 14.7 Å². The molecule has 35 heavy (non-hydrogen) atoms. The molecule has 0 aliphatic carbocycles. The highest BCUT2D eigenvalue weighted by molar-refractivity contribution is 6.32. The summed E-state index contributed by atoms with van der Waals surface area (Å²) < 4.78 is 20.8. The molecule has 6 nitrogen and oxygen atoms in total. The van der Waals surface area contributed by atoms with Gasteiger partial charge in [0.2, 0.25) is 0 Å². The molecule has 0 bridgehead atoms. The van der Waals surface area contributed by atoms with E-state index in [-0.39, 0.29) is 17.9 Å². The Balaban J connectivity index is 1.42. The SMILES string of the molecule is COc1ccc2ncc(Cl)c([C@@H](F)CCC3(C(=O)O)CCN(CC#Cc4ccccn4)CC3)c2c1. The number of halogens is 2. The number of rotatable bonds is 7. The maximum absolute atomic E-state index is 15.6. The molecule has 3 aromatic rings. The number of benzene rings is 1. The first-order valence-corrected chi connectivity index (χ1v) is 11.9. The largest absolute Gasteiger partial charge is 0.497 e. The van der Waals surface area contributed by atoms with Gasteiger partial charge in [-0.05, 0) is 61.9 Å². The van der Waals surface area contributed by atoms with Crippen LogP contribution in [0.3, 0.4) is 0 Å². The minimum absolute atomic E-state index is 0.0574. The normalized spacial score (nSPS) is 16.3.